The zero-order valence-electron chi connectivity index (χ0n) is 14.2. The second-order valence-corrected chi connectivity index (χ2v) is 7.09. The van der Waals surface area contributed by atoms with Crippen LogP contribution in [-0.4, -0.2) is 49.2 Å². The van der Waals surface area contributed by atoms with Crippen LogP contribution in [0.15, 0.2) is 0 Å². The van der Waals surface area contributed by atoms with Gasteiger partial charge < -0.3 is 15.0 Å². The van der Waals surface area contributed by atoms with Gasteiger partial charge >= 0.3 is 0 Å². The average molecular weight is 296 g/mol. The lowest BCUT2D eigenvalue weighted by atomic mass is 9.63. The van der Waals surface area contributed by atoms with E-state index < -0.39 is 0 Å². The number of hydrogen-bond donors (Lipinski definition) is 1. The standard InChI is InChI=1S/C17H32N2O2/c1-5-10-19(16(20)13-8-7-9-18-12-13)14-11-15(21-6-2)17(14,3)4/h13-15,18H,5-12H2,1-4H3. The van der Waals surface area contributed by atoms with E-state index in [0.717, 1.165) is 51.9 Å². The Bertz CT molecular complexity index is 351. The molecule has 1 aliphatic heterocycles. The molecule has 1 heterocycles. The van der Waals surface area contributed by atoms with E-state index in [1.54, 1.807) is 0 Å². The number of nitrogens with one attached hydrogen (secondary N) is 1. The number of nitrogens with zero attached hydrogens (tertiary/aromatic N) is 1. The third kappa shape index (κ3) is 3.42. The van der Waals surface area contributed by atoms with E-state index in [1.807, 2.05) is 6.92 Å². The molecule has 2 rings (SSSR count). The van der Waals surface area contributed by atoms with Crippen LogP contribution in [0.3, 0.4) is 0 Å². The highest BCUT2D eigenvalue weighted by Gasteiger charge is 2.52. The van der Waals surface area contributed by atoms with E-state index in [9.17, 15) is 4.79 Å². The Balaban J connectivity index is 2.03. The topological polar surface area (TPSA) is 41.6 Å². The lowest BCUT2D eigenvalue weighted by Crippen LogP contribution is -2.64. The Hall–Kier alpha value is -0.610. The Labute approximate surface area is 129 Å². The minimum absolute atomic E-state index is 0.0724. The molecule has 1 saturated carbocycles. The van der Waals surface area contributed by atoms with Gasteiger partial charge in [-0.15, -0.1) is 0 Å². The minimum atomic E-state index is 0.0724. The number of rotatable bonds is 6. The normalized spacial score (nSPS) is 31.5. The Morgan fingerprint density at radius 1 is 1.38 bits per heavy atom. The summed E-state index contributed by atoms with van der Waals surface area (Å²) in [7, 11) is 0. The van der Waals surface area contributed by atoms with Gasteiger partial charge in [0.05, 0.1) is 12.0 Å². The van der Waals surface area contributed by atoms with Crippen molar-refractivity contribution >= 4 is 5.91 Å². The summed E-state index contributed by atoms with van der Waals surface area (Å²) in [5, 5.41) is 3.37. The molecule has 2 aliphatic rings. The van der Waals surface area contributed by atoms with Crippen molar-refractivity contribution < 1.29 is 9.53 Å². The quantitative estimate of drug-likeness (QED) is 0.818. The number of carbonyl (C=O) groups is 1. The fraction of sp³-hybridized carbons (Fsp3) is 0.941. The predicted molar refractivity (Wildman–Crippen MR) is 85.2 cm³/mol. The van der Waals surface area contributed by atoms with Gasteiger partial charge in [-0.3, -0.25) is 4.79 Å². The molecule has 1 aliphatic carbocycles. The van der Waals surface area contributed by atoms with Crippen LogP contribution >= 0.6 is 0 Å². The molecule has 0 aromatic rings. The highest BCUT2D eigenvalue weighted by Crippen LogP contribution is 2.46. The molecule has 1 saturated heterocycles. The van der Waals surface area contributed by atoms with Gasteiger partial charge in [-0.05, 0) is 39.2 Å². The second-order valence-electron chi connectivity index (χ2n) is 7.09. The van der Waals surface area contributed by atoms with Gasteiger partial charge in [0.1, 0.15) is 0 Å². The smallest absolute Gasteiger partial charge is 0.227 e. The zero-order valence-corrected chi connectivity index (χ0v) is 14.2. The Kier molecular flexibility index (Phi) is 5.67. The average Bonchev–Trinajstić information content (AvgIpc) is 2.49. The van der Waals surface area contributed by atoms with Crippen molar-refractivity contribution in [2.45, 2.75) is 65.5 Å². The summed E-state index contributed by atoms with van der Waals surface area (Å²) in [4.78, 5) is 15.1. The number of ether oxygens (including phenoxy) is 1. The highest BCUT2D eigenvalue weighted by atomic mass is 16.5. The maximum Gasteiger partial charge on any atom is 0.227 e. The van der Waals surface area contributed by atoms with Crippen molar-refractivity contribution in [3.8, 4) is 0 Å². The van der Waals surface area contributed by atoms with E-state index in [0.29, 0.717) is 18.1 Å². The van der Waals surface area contributed by atoms with Crippen LogP contribution in [-0.2, 0) is 9.53 Å². The van der Waals surface area contributed by atoms with Gasteiger partial charge in [-0.25, -0.2) is 0 Å². The first-order valence-electron chi connectivity index (χ1n) is 8.65. The lowest BCUT2D eigenvalue weighted by Gasteiger charge is -2.56. The fourth-order valence-corrected chi connectivity index (χ4v) is 3.83. The first kappa shape index (κ1) is 16.8. The maximum atomic E-state index is 12.9. The zero-order chi connectivity index (χ0) is 15.5. The summed E-state index contributed by atoms with van der Waals surface area (Å²) in [6.07, 6.45) is 4.47. The van der Waals surface area contributed by atoms with Crippen molar-refractivity contribution in [1.29, 1.82) is 0 Å². The number of piperidine rings is 1. The van der Waals surface area contributed by atoms with Crippen molar-refractivity contribution in [2.24, 2.45) is 11.3 Å². The molecule has 4 heteroatoms. The monoisotopic (exact) mass is 296 g/mol. The molecule has 122 valence electrons. The second kappa shape index (κ2) is 7.10. The molecule has 1 N–H and O–H groups in total. The molecule has 1 amide bonds. The van der Waals surface area contributed by atoms with Gasteiger partial charge in [0.25, 0.3) is 0 Å². The van der Waals surface area contributed by atoms with Crippen LogP contribution in [0.1, 0.15) is 53.4 Å². The first-order valence-corrected chi connectivity index (χ1v) is 8.65. The van der Waals surface area contributed by atoms with E-state index in [2.05, 4.69) is 31.0 Å². The maximum absolute atomic E-state index is 12.9. The molecular weight excluding hydrogens is 264 g/mol. The molecule has 21 heavy (non-hydrogen) atoms. The Morgan fingerprint density at radius 3 is 2.67 bits per heavy atom. The first-order chi connectivity index (χ1) is 10.0. The number of carbonyl (C=O) groups excluding carboxylic acids is 1. The molecule has 3 unspecified atom stereocenters. The molecule has 0 spiro atoms. The fourth-order valence-electron chi connectivity index (χ4n) is 3.83. The van der Waals surface area contributed by atoms with Crippen LogP contribution in [0.25, 0.3) is 0 Å². The molecule has 0 bridgehead atoms. The molecule has 0 aromatic heterocycles. The summed E-state index contributed by atoms with van der Waals surface area (Å²) >= 11 is 0. The van der Waals surface area contributed by atoms with Crippen LogP contribution in [0, 0.1) is 11.3 Å². The highest BCUT2D eigenvalue weighted by molar-refractivity contribution is 5.79. The van der Waals surface area contributed by atoms with Gasteiger partial charge in [-0.2, -0.15) is 0 Å². The summed E-state index contributed by atoms with van der Waals surface area (Å²) in [6.45, 7) is 12.2. The predicted octanol–water partition coefficient (Wildman–Crippen LogP) is 2.43. The lowest BCUT2D eigenvalue weighted by molar-refractivity contribution is -0.170. The van der Waals surface area contributed by atoms with E-state index in [-0.39, 0.29) is 11.3 Å². The van der Waals surface area contributed by atoms with Gasteiger partial charge in [0.2, 0.25) is 5.91 Å². The third-order valence-corrected chi connectivity index (χ3v) is 5.26. The SMILES string of the molecule is CCCN(C(=O)C1CCCNC1)C1CC(OCC)C1(C)C. The van der Waals surface area contributed by atoms with Gasteiger partial charge in [0.15, 0.2) is 0 Å². The van der Waals surface area contributed by atoms with Crippen molar-refractivity contribution in [3.05, 3.63) is 0 Å². The van der Waals surface area contributed by atoms with E-state index >= 15 is 0 Å². The molecule has 4 nitrogen and oxygen atoms in total. The molecule has 0 aromatic carbocycles. The van der Waals surface area contributed by atoms with Crippen LogP contribution in [0.5, 0.6) is 0 Å². The van der Waals surface area contributed by atoms with Crippen LogP contribution in [0.2, 0.25) is 0 Å². The summed E-state index contributed by atoms with van der Waals surface area (Å²) < 4.78 is 5.83. The van der Waals surface area contributed by atoms with Crippen molar-refractivity contribution in [2.75, 3.05) is 26.2 Å². The largest absolute Gasteiger partial charge is 0.378 e. The van der Waals surface area contributed by atoms with E-state index in [1.165, 1.54) is 0 Å². The molecule has 0 radical (unpaired) electrons. The third-order valence-electron chi connectivity index (χ3n) is 5.26. The molecule has 3 atom stereocenters. The minimum Gasteiger partial charge on any atom is -0.378 e. The molecule has 2 fully saturated rings. The van der Waals surface area contributed by atoms with Gasteiger partial charge in [-0.1, -0.05) is 20.8 Å². The summed E-state index contributed by atoms with van der Waals surface area (Å²) in [5.74, 6) is 0.532. The summed E-state index contributed by atoms with van der Waals surface area (Å²) in [5.41, 5.74) is 0.0724. The summed E-state index contributed by atoms with van der Waals surface area (Å²) in [6, 6.07) is 0.337. The van der Waals surface area contributed by atoms with Crippen molar-refractivity contribution in [3.63, 3.8) is 0 Å². The number of hydrogen-bond acceptors (Lipinski definition) is 3. The van der Waals surface area contributed by atoms with Crippen molar-refractivity contribution in [1.82, 2.24) is 10.2 Å². The number of amides is 1. The van der Waals surface area contributed by atoms with Crippen LogP contribution in [0.4, 0.5) is 0 Å². The Morgan fingerprint density at radius 2 is 2.14 bits per heavy atom. The van der Waals surface area contributed by atoms with Crippen LogP contribution < -0.4 is 5.32 Å². The van der Waals surface area contributed by atoms with E-state index in [4.69, 9.17) is 4.74 Å². The van der Waals surface area contributed by atoms with Gasteiger partial charge in [0, 0.05) is 31.2 Å². The molecular formula is C17H32N2O2.